The molecule has 2 aromatic heterocycles. The number of benzene rings is 1. The average Bonchev–Trinajstić information content (AvgIpc) is 3.11. The number of furan rings is 1. The Bertz CT molecular complexity index is 913. The molecule has 3 aromatic rings. The number of aromatic nitrogens is 2. The fourth-order valence-corrected chi connectivity index (χ4v) is 2.64. The zero-order valence-electron chi connectivity index (χ0n) is 13.7. The Balaban J connectivity index is 1.70. The number of nitrogens with one attached hydrogen (secondary N) is 1. The molecular weight excluding hydrogens is 306 g/mol. The first kappa shape index (κ1) is 16.0. The van der Waals surface area contributed by atoms with Gasteiger partial charge in [-0.05, 0) is 31.2 Å². The fourth-order valence-electron chi connectivity index (χ4n) is 2.64. The van der Waals surface area contributed by atoms with Crippen LogP contribution < -0.4 is 10.9 Å². The van der Waals surface area contributed by atoms with E-state index in [2.05, 4.69) is 10.3 Å². The van der Waals surface area contributed by atoms with Gasteiger partial charge in [0.05, 0.1) is 23.2 Å². The van der Waals surface area contributed by atoms with Crippen LogP contribution in [0.2, 0.25) is 0 Å². The van der Waals surface area contributed by atoms with Crippen LogP contribution in [0, 0.1) is 0 Å². The number of hydrogen-bond acceptors (Lipinski definition) is 4. The van der Waals surface area contributed by atoms with Crippen molar-refractivity contribution in [2.45, 2.75) is 25.8 Å². The van der Waals surface area contributed by atoms with Crippen LogP contribution in [0.3, 0.4) is 0 Å². The smallest absolute Gasteiger partial charge is 0.261 e. The van der Waals surface area contributed by atoms with Crippen molar-refractivity contribution in [1.82, 2.24) is 14.9 Å². The zero-order chi connectivity index (χ0) is 17.1. The standard InChI is InChI=1S/C18H19N3O3/c1-12(15-8-5-11-24-15)19-17(22)10-9-16-20-14-7-4-3-6-13(14)18(23)21(16)2/h3-8,11-12H,9-10H2,1-2H3,(H,19,22)/t12-/m1/s1. The van der Waals surface area contributed by atoms with Crippen LogP contribution in [0.1, 0.15) is 31.0 Å². The summed E-state index contributed by atoms with van der Waals surface area (Å²) in [7, 11) is 1.68. The van der Waals surface area contributed by atoms with E-state index in [-0.39, 0.29) is 23.9 Å². The van der Waals surface area contributed by atoms with Gasteiger partial charge in [-0.25, -0.2) is 4.98 Å². The predicted octanol–water partition coefficient (Wildman–Crippen LogP) is 2.34. The molecule has 24 heavy (non-hydrogen) atoms. The highest BCUT2D eigenvalue weighted by molar-refractivity contribution is 5.78. The van der Waals surface area contributed by atoms with Crippen LogP contribution >= 0.6 is 0 Å². The molecule has 0 spiro atoms. The van der Waals surface area contributed by atoms with Crippen LogP contribution in [0.25, 0.3) is 10.9 Å². The quantitative estimate of drug-likeness (QED) is 0.781. The Morgan fingerprint density at radius 3 is 2.83 bits per heavy atom. The Labute approximate surface area is 139 Å². The zero-order valence-corrected chi connectivity index (χ0v) is 13.7. The van der Waals surface area contributed by atoms with Crippen LogP contribution in [0.5, 0.6) is 0 Å². The lowest BCUT2D eigenvalue weighted by atomic mass is 10.2. The van der Waals surface area contributed by atoms with Crippen molar-refractivity contribution >= 4 is 16.8 Å². The van der Waals surface area contributed by atoms with Crippen molar-refractivity contribution in [3.8, 4) is 0 Å². The van der Waals surface area contributed by atoms with E-state index < -0.39 is 0 Å². The third kappa shape index (κ3) is 3.22. The number of hydrogen-bond donors (Lipinski definition) is 1. The third-order valence-electron chi connectivity index (χ3n) is 4.00. The summed E-state index contributed by atoms with van der Waals surface area (Å²) in [6, 6.07) is 10.6. The Kier molecular flexibility index (Phi) is 4.46. The van der Waals surface area contributed by atoms with E-state index in [1.165, 1.54) is 4.57 Å². The highest BCUT2D eigenvalue weighted by Crippen LogP contribution is 2.13. The molecular formula is C18H19N3O3. The van der Waals surface area contributed by atoms with Gasteiger partial charge < -0.3 is 9.73 Å². The van der Waals surface area contributed by atoms with Gasteiger partial charge in [0.2, 0.25) is 5.91 Å². The average molecular weight is 325 g/mol. The normalized spacial score (nSPS) is 12.2. The van der Waals surface area contributed by atoms with Crippen LogP contribution in [-0.2, 0) is 18.3 Å². The molecule has 0 fully saturated rings. The second kappa shape index (κ2) is 6.70. The number of aryl methyl sites for hydroxylation is 1. The summed E-state index contributed by atoms with van der Waals surface area (Å²) in [5, 5.41) is 3.46. The van der Waals surface area contributed by atoms with E-state index >= 15 is 0 Å². The first-order valence-corrected chi connectivity index (χ1v) is 7.83. The molecule has 124 valence electrons. The predicted molar refractivity (Wildman–Crippen MR) is 90.6 cm³/mol. The first-order chi connectivity index (χ1) is 11.6. The number of para-hydroxylation sites is 1. The third-order valence-corrected chi connectivity index (χ3v) is 4.00. The number of rotatable bonds is 5. The van der Waals surface area contributed by atoms with E-state index in [0.29, 0.717) is 28.9 Å². The summed E-state index contributed by atoms with van der Waals surface area (Å²) in [5.74, 6) is 1.19. The minimum Gasteiger partial charge on any atom is -0.467 e. The number of carbonyl (C=O) groups is 1. The molecule has 1 amide bonds. The second-order valence-electron chi connectivity index (χ2n) is 5.71. The van der Waals surface area contributed by atoms with Gasteiger partial charge in [0.1, 0.15) is 11.6 Å². The molecule has 0 unspecified atom stereocenters. The summed E-state index contributed by atoms with van der Waals surface area (Å²) in [6.45, 7) is 1.86. The molecule has 0 bridgehead atoms. The lowest BCUT2D eigenvalue weighted by molar-refractivity contribution is -0.121. The van der Waals surface area contributed by atoms with Crippen LogP contribution in [0.15, 0.2) is 51.9 Å². The topological polar surface area (TPSA) is 77.1 Å². The molecule has 6 heteroatoms. The van der Waals surface area contributed by atoms with Gasteiger partial charge in [-0.15, -0.1) is 0 Å². The Morgan fingerprint density at radius 2 is 2.08 bits per heavy atom. The van der Waals surface area contributed by atoms with E-state index in [1.807, 2.05) is 25.1 Å². The number of carbonyl (C=O) groups excluding carboxylic acids is 1. The van der Waals surface area contributed by atoms with Crippen molar-refractivity contribution in [2.75, 3.05) is 0 Å². The van der Waals surface area contributed by atoms with Crippen molar-refractivity contribution < 1.29 is 9.21 Å². The van der Waals surface area contributed by atoms with E-state index in [4.69, 9.17) is 4.42 Å². The molecule has 3 rings (SSSR count). The summed E-state index contributed by atoms with van der Waals surface area (Å²) < 4.78 is 6.78. The molecule has 2 heterocycles. The monoisotopic (exact) mass is 325 g/mol. The van der Waals surface area contributed by atoms with Crippen LogP contribution in [0.4, 0.5) is 0 Å². The minimum atomic E-state index is -0.194. The molecule has 6 nitrogen and oxygen atoms in total. The van der Waals surface area contributed by atoms with Crippen LogP contribution in [-0.4, -0.2) is 15.5 Å². The molecule has 0 radical (unpaired) electrons. The van der Waals surface area contributed by atoms with E-state index in [1.54, 1.807) is 31.5 Å². The second-order valence-corrected chi connectivity index (χ2v) is 5.71. The van der Waals surface area contributed by atoms with Crippen molar-refractivity contribution in [3.63, 3.8) is 0 Å². The summed E-state index contributed by atoms with van der Waals surface area (Å²) in [6.07, 6.45) is 2.23. The van der Waals surface area contributed by atoms with Gasteiger partial charge in [-0.3, -0.25) is 14.2 Å². The van der Waals surface area contributed by atoms with E-state index in [0.717, 1.165) is 0 Å². The lowest BCUT2D eigenvalue weighted by Gasteiger charge is -2.12. The molecule has 0 aliphatic rings. The molecule has 1 aromatic carbocycles. The Hall–Kier alpha value is -2.89. The largest absolute Gasteiger partial charge is 0.467 e. The van der Waals surface area contributed by atoms with Gasteiger partial charge in [0, 0.05) is 19.9 Å². The van der Waals surface area contributed by atoms with Crippen molar-refractivity contribution in [1.29, 1.82) is 0 Å². The molecule has 0 aliphatic carbocycles. The molecule has 0 saturated heterocycles. The summed E-state index contributed by atoms with van der Waals surface area (Å²) in [4.78, 5) is 29.0. The van der Waals surface area contributed by atoms with Gasteiger partial charge in [0.15, 0.2) is 0 Å². The van der Waals surface area contributed by atoms with Gasteiger partial charge in [-0.2, -0.15) is 0 Å². The number of fused-ring (bicyclic) bond motifs is 1. The van der Waals surface area contributed by atoms with Crippen molar-refractivity contribution in [2.24, 2.45) is 7.05 Å². The van der Waals surface area contributed by atoms with Gasteiger partial charge >= 0.3 is 0 Å². The Morgan fingerprint density at radius 1 is 1.29 bits per heavy atom. The van der Waals surface area contributed by atoms with Crippen molar-refractivity contribution in [3.05, 3.63) is 64.6 Å². The highest BCUT2D eigenvalue weighted by Gasteiger charge is 2.13. The lowest BCUT2D eigenvalue weighted by Crippen LogP contribution is -2.28. The number of amides is 1. The molecule has 0 saturated carbocycles. The SMILES string of the molecule is C[C@@H](NC(=O)CCc1nc2ccccc2c(=O)n1C)c1ccco1. The van der Waals surface area contributed by atoms with Gasteiger partial charge in [-0.1, -0.05) is 12.1 Å². The maximum Gasteiger partial charge on any atom is 0.261 e. The summed E-state index contributed by atoms with van der Waals surface area (Å²) in [5.41, 5.74) is 0.555. The minimum absolute atomic E-state index is 0.0973. The molecule has 1 atom stereocenters. The fraction of sp³-hybridized carbons (Fsp3) is 0.278. The summed E-state index contributed by atoms with van der Waals surface area (Å²) >= 11 is 0. The van der Waals surface area contributed by atoms with Gasteiger partial charge in [0.25, 0.3) is 5.56 Å². The molecule has 0 aliphatic heterocycles. The highest BCUT2D eigenvalue weighted by atomic mass is 16.3. The first-order valence-electron chi connectivity index (χ1n) is 7.83. The number of nitrogens with zero attached hydrogens (tertiary/aromatic N) is 2. The van der Waals surface area contributed by atoms with E-state index in [9.17, 15) is 9.59 Å². The molecule has 1 N–H and O–H groups in total. The maximum absolute atomic E-state index is 12.3. The maximum atomic E-state index is 12.3.